The molecule has 0 aromatic carbocycles. The van der Waals surface area contributed by atoms with Crippen LogP contribution in [0.25, 0.3) is 0 Å². The van der Waals surface area contributed by atoms with E-state index in [1.165, 1.54) is 5.56 Å². The monoisotopic (exact) mass is 292 g/mol. The maximum absolute atomic E-state index is 4.22. The summed E-state index contributed by atoms with van der Waals surface area (Å²) in [7, 11) is 2.02. The van der Waals surface area contributed by atoms with E-state index >= 15 is 0 Å². The molecule has 0 radical (unpaired) electrons. The Labute approximate surface area is 109 Å². The average Bonchev–Trinajstić information content (AvgIpc) is 2.37. The van der Waals surface area contributed by atoms with Crippen LogP contribution in [0.2, 0.25) is 0 Å². The van der Waals surface area contributed by atoms with Gasteiger partial charge in [0.25, 0.3) is 0 Å². The highest BCUT2D eigenvalue weighted by atomic mass is 79.9. The predicted octanol–water partition coefficient (Wildman–Crippen LogP) is 2.31. The Morgan fingerprint density at radius 2 is 2.00 bits per heavy atom. The summed E-state index contributed by atoms with van der Waals surface area (Å²) < 4.78 is 0.804. The Hall–Kier alpha value is -1.49. The first kappa shape index (κ1) is 12.0. The summed E-state index contributed by atoms with van der Waals surface area (Å²) in [4.78, 5) is 14.3. The molecule has 4 nitrogen and oxygen atoms in total. The van der Waals surface area contributed by atoms with E-state index in [9.17, 15) is 0 Å². The van der Waals surface area contributed by atoms with E-state index < -0.39 is 0 Å². The molecule has 0 unspecified atom stereocenters. The lowest BCUT2D eigenvalue weighted by atomic mass is 10.2. The van der Waals surface area contributed by atoms with Crippen LogP contribution < -0.4 is 4.90 Å². The molecule has 2 aromatic heterocycles. The molecule has 0 aliphatic heterocycles. The van der Waals surface area contributed by atoms with Gasteiger partial charge >= 0.3 is 0 Å². The molecule has 0 bridgehead atoms. The molecule has 0 atom stereocenters. The van der Waals surface area contributed by atoms with Crippen molar-refractivity contribution in [2.24, 2.45) is 0 Å². The summed E-state index contributed by atoms with van der Waals surface area (Å²) >= 11 is 3.34. The summed E-state index contributed by atoms with van der Waals surface area (Å²) in [6.45, 7) is 0.910. The molecule has 2 aromatic rings. The molecule has 17 heavy (non-hydrogen) atoms. The van der Waals surface area contributed by atoms with Crippen molar-refractivity contribution in [3.63, 3.8) is 0 Å². The van der Waals surface area contributed by atoms with Crippen LogP contribution in [0.4, 0.5) is 5.82 Å². The number of halogens is 1. The lowest BCUT2D eigenvalue weighted by Crippen LogP contribution is -2.21. The van der Waals surface area contributed by atoms with Crippen molar-refractivity contribution >= 4 is 21.7 Å². The van der Waals surface area contributed by atoms with Gasteiger partial charge in [0, 0.05) is 32.1 Å². The third-order valence-corrected chi connectivity index (χ3v) is 2.93. The Morgan fingerprint density at radius 3 is 2.71 bits per heavy atom. The van der Waals surface area contributed by atoms with Gasteiger partial charge in [0.15, 0.2) is 0 Å². The molecule has 0 saturated heterocycles. The fourth-order valence-corrected chi connectivity index (χ4v) is 1.79. The zero-order valence-electron chi connectivity index (χ0n) is 9.55. The maximum Gasteiger partial charge on any atom is 0.132 e. The number of rotatable bonds is 4. The molecule has 0 fully saturated rings. The predicted molar refractivity (Wildman–Crippen MR) is 70.9 cm³/mol. The second-order valence-corrected chi connectivity index (χ2v) is 4.54. The van der Waals surface area contributed by atoms with Crippen LogP contribution in [-0.2, 0) is 6.42 Å². The zero-order chi connectivity index (χ0) is 12.1. The van der Waals surface area contributed by atoms with Gasteiger partial charge in [-0.1, -0.05) is 0 Å². The SMILES string of the molecule is CN(CCc1ccncc1)c1cc(Br)ncn1. The number of anilines is 1. The van der Waals surface area contributed by atoms with Crippen molar-refractivity contribution in [3.8, 4) is 0 Å². The van der Waals surface area contributed by atoms with E-state index in [4.69, 9.17) is 0 Å². The minimum Gasteiger partial charge on any atom is -0.359 e. The fourth-order valence-electron chi connectivity index (χ4n) is 1.49. The summed E-state index contributed by atoms with van der Waals surface area (Å²) in [5, 5.41) is 0. The van der Waals surface area contributed by atoms with Gasteiger partial charge in [0.05, 0.1) is 0 Å². The topological polar surface area (TPSA) is 41.9 Å². The number of aromatic nitrogens is 3. The van der Waals surface area contributed by atoms with Crippen LogP contribution in [0.1, 0.15) is 5.56 Å². The first-order valence-electron chi connectivity index (χ1n) is 5.33. The van der Waals surface area contributed by atoms with E-state index in [2.05, 4.69) is 35.8 Å². The normalized spacial score (nSPS) is 10.2. The molecule has 0 amide bonds. The number of hydrogen-bond donors (Lipinski definition) is 0. The third-order valence-electron chi connectivity index (χ3n) is 2.50. The van der Waals surface area contributed by atoms with Crippen molar-refractivity contribution in [3.05, 3.63) is 47.1 Å². The van der Waals surface area contributed by atoms with Crippen LogP contribution in [0.3, 0.4) is 0 Å². The molecule has 0 spiro atoms. The van der Waals surface area contributed by atoms with Gasteiger partial charge in [-0.05, 0) is 40.0 Å². The lowest BCUT2D eigenvalue weighted by molar-refractivity contribution is 0.852. The third kappa shape index (κ3) is 3.49. The van der Waals surface area contributed by atoms with E-state index in [1.807, 2.05) is 37.6 Å². The molecule has 88 valence electrons. The highest BCUT2D eigenvalue weighted by Crippen LogP contribution is 2.13. The first-order valence-corrected chi connectivity index (χ1v) is 6.12. The Morgan fingerprint density at radius 1 is 1.24 bits per heavy atom. The van der Waals surface area contributed by atoms with E-state index in [0.717, 1.165) is 23.4 Å². The molecule has 0 N–H and O–H groups in total. The Kier molecular flexibility index (Phi) is 4.03. The highest BCUT2D eigenvalue weighted by molar-refractivity contribution is 9.10. The fraction of sp³-hybridized carbons (Fsp3) is 0.250. The molecular weight excluding hydrogens is 280 g/mol. The second kappa shape index (κ2) is 5.72. The van der Waals surface area contributed by atoms with Gasteiger partial charge in [-0.3, -0.25) is 4.98 Å². The smallest absolute Gasteiger partial charge is 0.132 e. The first-order chi connectivity index (χ1) is 8.25. The molecule has 0 aliphatic rings. The quantitative estimate of drug-likeness (QED) is 0.811. The van der Waals surface area contributed by atoms with Gasteiger partial charge in [-0.2, -0.15) is 0 Å². The molecule has 0 aliphatic carbocycles. The summed E-state index contributed by atoms with van der Waals surface area (Å²) in [5.74, 6) is 0.918. The van der Waals surface area contributed by atoms with Gasteiger partial charge in [0.1, 0.15) is 16.7 Å². The molecule has 2 rings (SSSR count). The van der Waals surface area contributed by atoms with Crippen molar-refractivity contribution in [1.82, 2.24) is 15.0 Å². The van der Waals surface area contributed by atoms with Crippen molar-refractivity contribution < 1.29 is 0 Å². The average molecular weight is 293 g/mol. The van der Waals surface area contributed by atoms with Crippen LogP contribution in [0.15, 0.2) is 41.5 Å². The van der Waals surface area contributed by atoms with Gasteiger partial charge < -0.3 is 4.90 Å². The van der Waals surface area contributed by atoms with Gasteiger partial charge in [-0.25, -0.2) is 9.97 Å². The minimum atomic E-state index is 0.804. The largest absolute Gasteiger partial charge is 0.359 e. The number of pyridine rings is 1. The van der Waals surface area contributed by atoms with Crippen LogP contribution in [-0.4, -0.2) is 28.5 Å². The number of likely N-dealkylation sites (N-methyl/N-ethyl adjacent to an activating group) is 1. The minimum absolute atomic E-state index is 0.804. The Bertz CT molecular complexity index is 475. The maximum atomic E-state index is 4.22. The van der Waals surface area contributed by atoms with Crippen LogP contribution in [0, 0.1) is 0 Å². The van der Waals surface area contributed by atoms with E-state index in [0.29, 0.717) is 0 Å². The van der Waals surface area contributed by atoms with E-state index in [-0.39, 0.29) is 0 Å². The molecule has 5 heteroatoms. The molecular formula is C12H13BrN4. The summed E-state index contributed by atoms with van der Waals surface area (Å²) in [6.07, 6.45) is 6.16. The van der Waals surface area contributed by atoms with Crippen LogP contribution >= 0.6 is 15.9 Å². The van der Waals surface area contributed by atoms with Crippen molar-refractivity contribution in [1.29, 1.82) is 0 Å². The van der Waals surface area contributed by atoms with E-state index in [1.54, 1.807) is 6.33 Å². The van der Waals surface area contributed by atoms with Gasteiger partial charge in [0.2, 0.25) is 0 Å². The van der Waals surface area contributed by atoms with Crippen molar-refractivity contribution in [2.75, 3.05) is 18.5 Å². The summed E-state index contributed by atoms with van der Waals surface area (Å²) in [5.41, 5.74) is 1.28. The number of nitrogens with zero attached hydrogens (tertiary/aromatic N) is 4. The van der Waals surface area contributed by atoms with Gasteiger partial charge in [-0.15, -0.1) is 0 Å². The highest BCUT2D eigenvalue weighted by Gasteiger charge is 2.03. The number of hydrogen-bond acceptors (Lipinski definition) is 4. The molecule has 0 saturated carbocycles. The summed E-state index contributed by atoms with van der Waals surface area (Å²) in [6, 6.07) is 5.97. The lowest BCUT2D eigenvalue weighted by Gasteiger charge is -2.17. The van der Waals surface area contributed by atoms with Crippen molar-refractivity contribution in [2.45, 2.75) is 6.42 Å². The van der Waals surface area contributed by atoms with Crippen LogP contribution in [0.5, 0.6) is 0 Å². The zero-order valence-corrected chi connectivity index (χ0v) is 11.1. The Balaban J connectivity index is 1.96. The second-order valence-electron chi connectivity index (χ2n) is 3.73. The standard InChI is InChI=1S/C12H13BrN4/c1-17(12-8-11(13)15-9-16-12)7-4-10-2-5-14-6-3-10/h2-3,5-6,8-9H,4,7H2,1H3. The molecule has 2 heterocycles.